The van der Waals surface area contributed by atoms with Crippen LogP contribution in [0.3, 0.4) is 0 Å². The Balaban J connectivity index is 1.75. The summed E-state index contributed by atoms with van der Waals surface area (Å²) in [6.07, 6.45) is -3.22. The summed E-state index contributed by atoms with van der Waals surface area (Å²) in [5.41, 5.74) is 0.535. The number of para-hydroxylation sites is 1. The molecule has 6 nitrogen and oxygen atoms in total. The molecule has 0 atom stereocenters. The molecular formula is C23H17F5N2O4. The van der Waals surface area contributed by atoms with Crippen LogP contribution in [0.25, 0.3) is 11.1 Å². The molecule has 0 fully saturated rings. The Morgan fingerprint density at radius 2 is 1.68 bits per heavy atom. The van der Waals surface area contributed by atoms with Gasteiger partial charge < -0.3 is 18.9 Å². The van der Waals surface area contributed by atoms with Gasteiger partial charge in [-0.15, -0.1) is 0 Å². The smallest absolute Gasteiger partial charge is 0.422 e. The summed E-state index contributed by atoms with van der Waals surface area (Å²) in [5.74, 6) is -0.694. The molecule has 0 bridgehead atoms. The Morgan fingerprint density at radius 1 is 1.00 bits per heavy atom. The lowest BCUT2D eigenvalue weighted by molar-refractivity contribution is -0.153. The van der Waals surface area contributed by atoms with Crippen LogP contribution in [0.15, 0.2) is 59.5 Å². The number of aryl methyl sites for hydroxylation is 1. The van der Waals surface area contributed by atoms with Gasteiger partial charge in [0, 0.05) is 24.5 Å². The first-order chi connectivity index (χ1) is 16.0. The van der Waals surface area contributed by atoms with Gasteiger partial charge in [-0.05, 0) is 35.9 Å². The predicted octanol–water partition coefficient (Wildman–Crippen LogP) is 4.76. The van der Waals surface area contributed by atoms with Crippen LogP contribution in [0.1, 0.15) is 15.9 Å². The quantitative estimate of drug-likeness (QED) is 0.478. The van der Waals surface area contributed by atoms with E-state index >= 15 is 0 Å². The number of alkyl halides is 5. The molecule has 1 amide bonds. The summed E-state index contributed by atoms with van der Waals surface area (Å²) < 4.78 is 73.5. The first kappa shape index (κ1) is 23.3. The maximum absolute atomic E-state index is 13.1. The van der Waals surface area contributed by atoms with E-state index in [2.05, 4.69) is 4.74 Å². The number of aromatic nitrogens is 1. The first-order valence-corrected chi connectivity index (χ1v) is 9.93. The predicted molar refractivity (Wildman–Crippen MR) is 112 cm³/mol. The molecule has 0 saturated heterocycles. The van der Waals surface area contributed by atoms with Crippen LogP contribution in [0.4, 0.5) is 27.6 Å². The molecule has 1 aliphatic rings. The van der Waals surface area contributed by atoms with E-state index in [1.165, 1.54) is 65.2 Å². The van der Waals surface area contributed by atoms with E-state index in [1.54, 1.807) is 6.07 Å². The highest BCUT2D eigenvalue weighted by Crippen LogP contribution is 2.37. The van der Waals surface area contributed by atoms with Crippen LogP contribution in [-0.2, 0) is 13.6 Å². The van der Waals surface area contributed by atoms with E-state index in [9.17, 15) is 31.5 Å². The molecule has 0 saturated carbocycles. The van der Waals surface area contributed by atoms with Crippen LogP contribution in [0.5, 0.6) is 11.5 Å². The molecule has 0 spiro atoms. The topological polar surface area (TPSA) is 60.8 Å². The SMILES string of the molecule is Cn1cc2c(c(-c3ccccc3OCC(F)(F)F)c1=O)CN(c1ccc(OC(F)F)cc1)C2=O. The zero-order valence-electron chi connectivity index (χ0n) is 17.6. The second-order valence-electron chi connectivity index (χ2n) is 7.48. The minimum Gasteiger partial charge on any atom is -0.483 e. The number of pyridine rings is 1. The summed E-state index contributed by atoms with van der Waals surface area (Å²) in [6.45, 7) is -4.60. The van der Waals surface area contributed by atoms with E-state index in [1.807, 2.05) is 0 Å². The first-order valence-electron chi connectivity index (χ1n) is 9.93. The lowest BCUT2D eigenvalue weighted by Gasteiger charge is -2.17. The summed E-state index contributed by atoms with van der Waals surface area (Å²) in [7, 11) is 1.43. The van der Waals surface area contributed by atoms with Crippen LogP contribution >= 0.6 is 0 Å². The summed E-state index contributed by atoms with van der Waals surface area (Å²) in [4.78, 5) is 27.5. The number of anilines is 1. The van der Waals surface area contributed by atoms with Crippen molar-refractivity contribution in [3.05, 3.63) is 76.2 Å². The Morgan fingerprint density at radius 3 is 2.32 bits per heavy atom. The third-order valence-electron chi connectivity index (χ3n) is 5.20. The molecule has 34 heavy (non-hydrogen) atoms. The number of ether oxygens (including phenoxy) is 2. The van der Waals surface area contributed by atoms with Crippen molar-refractivity contribution >= 4 is 11.6 Å². The van der Waals surface area contributed by atoms with E-state index < -0.39 is 30.9 Å². The average Bonchev–Trinajstić information content (AvgIpc) is 3.09. The van der Waals surface area contributed by atoms with Crippen molar-refractivity contribution in [1.29, 1.82) is 0 Å². The van der Waals surface area contributed by atoms with Crippen molar-refractivity contribution in [1.82, 2.24) is 4.57 Å². The minimum atomic E-state index is -4.58. The van der Waals surface area contributed by atoms with Crippen molar-refractivity contribution in [2.45, 2.75) is 19.3 Å². The van der Waals surface area contributed by atoms with Crippen molar-refractivity contribution in [2.75, 3.05) is 11.5 Å². The third-order valence-corrected chi connectivity index (χ3v) is 5.20. The Kier molecular flexibility index (Phi) is 6.03. The van der Waals surface area contributed by atoms with Crippen molar-refractivity contribution in [2.24, 2.45) is 7.05 Å². The number of fused-ring (bicyclic) bond motifs is 1. The van der Waals surface area contributed by atoms with Gasteiger partial charge in [-0.3, -0.25) is 9.59 Å². The fraction of sp³-hybridized carbons (Fsp3) is 0.217. The minimum absolute atomic E-state index is 0.0475. The normalized spacial score (nSPS) is 13.4. The summed E-state index contributed by atoms with van der Waals surface area (Å²) in [5, 5.41) is 0. The molecular weight excluding hydrogens is 463 g/mol. The van der Waals surface area contributed by atoms with E-state index in [0.717, 1.165) is 0 Å². The molecule has 2 heterocycles. The lowest BCUT2D eigenvalue weighted by atomic mass is 9.98. The number of rotatable bonds is 6. The van der Waals surface area contributed by atoms with Gasteiger partial charge >= 0.3 is 12.8 Å². The Hall–Kier alpha value is -3.89. The van der Waals surface area contributed by atoms with Gasteiger partial charge in [0.05, 0.1) is 17.7 Å². The standard InChI is InChI=1S/C23H17F5N2O4/c1-29-10-17-16(11-30(20(17)31)13-6-8-14(9-7-13)34-22(24)25)19(21(29)32)15-4-2-3-5-18(15)33-12-23(26,27)28/h2-10,22H,11-12H2,1H3. The summed E-state index contributed by atoms with van der Waals surface area (Å²) in [6, 6.07) is 11.2. The molecule has 3 aromatic rings. The highest BCUT2D eigenvalue weighted by atomic mass is 19.4. The molecule has 4 rings (SSSR count). The highest BCUT2D eigenvalue weighted by Gasteiger charge is 2.34. The maximum Gasteiger partial charge on any atom is 0.422 e. The number of carbonyl (C=O) groups excluding carboxylic acids is 1. The largest absolute Gasteiger partial charge is 0.483 e. The molecule has 0 unspecified atom stereocenters. The molecule has 178 valence electrons. The molecule has 11 heteroatoms. The number of benzene rings is 2. The van der Waals surface area contributed by atoms with Crippen molar-refractivity contribution < 1.29 is 36.2 Å². The molecule has 1 aliphatic heterocycles. The zero-order valence-corrected chi connectivity index (χ0v) is 17.6. The van der Waals surface area contributed by atoms with Gasteiger partial charge in [0.2, 0.25) is 0 Å². The number of amides is 1. The second kappa shape index (κ2) is 8.81. The Bertz CT molecular complexity index is 1290. The number of nitrogens with zero attached hydrogens (tertiary/aromatic N) is 2. The number of carbonyl (C=O) groups is 1. The molecule has 1 aromatic heterocycles. The summed E-state index contributed by atoms with van der Waals surface area (Å²) >= 11 is 0. The fourth-order valence-corrected chi connectivity index (χ4v) is 3.75. The van der Waals surface area contributed by atoms with Crippen molar-refractivity contribution in [3.8, 4) is 22.6 Å². The number of hydrogen-bond acceptors (Lipinski definition) is 4. The maximum atomic E-state index is 13.1. The van der Waals surface area contributed by atoms with Gasteiger partial charge in [0.25, 0.3) is 11.5 Å². The van der Waals surface area contributed by atoms with Crippen molar-refractivity contribution in [3.63, 3.8) is 0 Å². The van der Waals surface area contributed by atoms with Crippen LogP contribution in [0.2, 0.25) is 0 Å². The second-order valence-corrected chi connectivity index (χ2v) is 7.48. The molecule has 0 N–H and O–H groups in total. The van der Waals surface area contributed by atoms with Gasteiger partial charge in [0.1, 0.15) is 11.5 Å². The zero-order chi connectivity index (χ0) is 24.6. The lowest BCUT2D eigenvalue weighted by Crippen LogP contribution is -2.23. The monoisotopic (exact) mass is 480 g/mol. The van der Waals surface area contributed by atoms with Gasteiger partial charge in [-0.2, -0.15) is 22.0 Å². The van der Waals surface area contributed by atoms with Gasteiger partial charge in [-0.1, -0.05) is 18.2 Å². The number of halogens is 5. The van der Waals surface area contributed by atoms with E-state index in [-0.39, 0.29) is 34.7 Å². The molecule has 0 aliphatic carbocycles. The van der Waals surface area contributed by atoms with E-state index in [0.29, 0.717) is 11.3 Å². The Labute approximate surface area is 189 Å². The van der Waals surface area contributed by atoms with Crippen LogP contribution < -0.4 is 19.9 Å². The highest BCUT2D eigenvalue weighted by molar-refractivity contribution is 6.11. The molecule has 0 radical (unpaired) electrons. The fourth-order valence-electron chi connectivity index (χ4n) is 3.75. The molecule has 2 aromatic carbocycles. The third kappa shape index (κ3) is 4.59. The van der Waals surface area contributed by atoms with Gasteiger partial charge in [0.15, 0.2) is 6.61 Å². The average molecular weight is 480 g/mol. The van der Waals surface area contributed by atoms with Crippen LogP contribution in [-0.4, -0.2) is 29.9 Å². The number of hydrogen-bond donors (Lipinski definition) is 0. The van der Waals surface area contributed by atoms with Crippen LogP contribution in [0, 0.1) is 0 Å². The van der Waals surface area contributed by atoms with Gasteiger partial charge in [-0.25, -0.2) is 0 Å². The van der Waals surface area contributed by atoms with E-state index in [4.69, 9.17) is 4.74 Å².